The molecular formula is C17H23N5O2. The minimum absolute atomic E-state index is 0.0742. The van der Waals surface area contributed by atoms with Crippen molar-refractivity contribution in [1.82, 2.24) is 9.78 Å². The van der Waals surface area contributed by atoms with Crippen molar-refractivity contribution in [2.75, 3.05) is 22.6 Å². The highest BCUT2D eigenvalue weighted by Crippen LogP contribution is 2.21. The summed E-state index contributed by atoms with van der Waals surface area (Å²) in [6.07, 6.45) is 0. The molecule has 0 unspecified atom stereocenters. The number of nitrogens with zero attached hydrogens (tertiary/aromatic N) is 3. The van der Waals surface area contributed by atoms with Gasteiger partial charge in [0, 0.05) is 31.9 Å². The Hall–Kier alpha value is -2.83. The average molecular weight is 329 g/mol. The molecule has 0 saturated carbocycles. The number of aryl methyl sites for hydroxylation is 2. The van der Waals surface area contributed by atoms with Crippen LogP contribution in [0.1, 0.15) is 25.2 Å². The van der Waals surface area contributed by atoms with Crippen molar-refractivity contribution < 1.29 is 9.59 Å². The van der Waals surface area contributed by atoms with E-state index in [0.717, 1.165) is 17.9 Å². The molecule has 0 spiro atoms. The number of carbonyl (C=O) groups excluding carboxylic acids is 2. The highest BCUT2D eigenvalue weighted by molar-refractivity contribution is 6.01. The molecule has 3 amide bonds. The molecule has 24 heavy (non-hydrogen) atoms. The molecule has 0 saturated heterocycles. The number of carbonyl (C=O) groups is 2. The number of amides is 3. The van der Waals surface area contributed by atoms with Crippen LogP contribution >= 0.6 is 0 Å². The van der Waals surface area contributed by atoms with Gasteiger partial charge in [0.05, 0.1) is 17.1 Å². The van der Waals surface area contributed by atoms with E-state index >= 15 is 0 Å². The van der Waals surface area contributed by atoms with E-state index in [-0.39, 0.29) is 11.9 Å². The van der Waals surface area contributed by atoms with Gasteiger partial charge in [-0.3, -0.25) is 9.48 Å². The van der Waals surface area contributed by atoms with Crippen LogP contribution in [-0.2, 0) is 11.3 Å². The SMILES string of the molecule is CCn1nc(C)c(NC(=O)Nc2cccc(N(C)C(C)=O)c2)c1C. The smallest absolute Gasteiger partial charge is 0.316 e. The maximum Gasteiger partial charge on any atom is 0.323 e. The summed E-state index contributed by atoms with van der Waals surface area (Å²) in [5, 5.41) is 10.00. The van der Waals surface area contributed by atoms with Gasteiger partial charge in [-0.2, -0.15) is 5.10 Å². The fourth-order valence-corrected chi connectivity index (χ4v) is 2.44. The van der Waals surface area contributed by atoms with E-state index in [1.807, 2.05) is 31.5 Å². The van der Waals surface area contributed by atoms with E-state index in [4.69, 9.17) is 0 Å². The molecule has 0 atom stereocenters. The predicted octanol–water partition coefficient (Wildman–Crippen LogP) is 3.15. The standard InChI is InChI=1S/C17H23N5O2/c1-6-22-12(3)16(11(2)20-22)19-17(24)18-14-8-7-9-15(10-14)21(5)13(4)23/h7-10H,6H2,1-5H3,(H2,18,19,24). The first-order chi connectivity index (χ1) is 11.3. The second-order valence-corrected chi connectivity index (χ2v) is 5.57. The number of rotatable bonds is 4. The fraction of sp³-hybridized carbons (Fsp3) is 0.353. The molecule has 0 bridgehead atoms. The molecule has 2 N–H and O–H groups in total. The Kier molecular flexibility index (Phi) is 5.23. The molecule has 1 heterocycles. The quantitative estimate of drug-likeness (QED) is 0.904. The summed E-state index contributed by atoms with van der Waals surface area (Å²) in [5.74, 6) is -0.0742. The van der Waals surface area contributed by atoms with Gasteiger partial charge in [0.1, 0.15) is 0 Å². The van der Waals surface area contributed by atoms with E-state index in [9.17, 15) is 9.59 Å². The first-order valence-corrected chi connectivity index (χ1v) is 7.79. The maximum absolute atomic E-state index is 12.3. The summed E-state index contributed by atoms with van der Waals surface area (Å²) < 4.78 is 1.84. The van der Waals surface area contributed by atoms with E-state index in [1.54, 1.807) is 25.2 Å². The zero-order valence-corrected chi connectivity index (χ0v) is 14.7. The normalized spacial score (nSPS) is 10.4. The Labute approximate surface area is 141 Å². The van der Waals surface area contributed by atoms with Crippen molar-refractivity contribution in [1.29, 1.82) is 0 Å². The predicted molar refractivity (Wildman–Crippen MR) is 95.5 cm³/mol. The van der Waals surface area contributed by atoms with Crippen molar-refractivity contribution in [3.63, 3.8) is 0 Å². The van der Waals surface area contributed by atoms with Crippen molar-refractivity contribution in [2.45, 2.75) is 34.2 Å². The summed E-state index contributed by atoms with van der Waals surface area (Å²) in [4.78, 5) is 25.2. The summed E-state index contributed by atoms with van der Waals surface area (Å²) in [6, 6.07) is 6.77. The van der Waals surface area contributed by atoms with Crippen molar-refractivity contribution in [3.05, 3.63) is 35.7 Å². The average Bonchev–Trinajstić information content (AvgIpc) is 2.81. The number of hydrogen-bond acceptors (Lipinski definition) is 3. The van der Waals surface area contributed by atoms with Gasteiger partial charge < -0.3 is 15.5 Å². The second-order valence-electron chi connectivity index (χ2n) is 5.57. The Balaban J connectivity index is 2.12. The second kappa shape index (κ2) is 7.16. The fourth-order valence-electron chi connectivity index (χ4n) is 2.44. The first-order valence-electron chi connectivity index (χ1n) is 7.79. The molecule has 7 nitrogen and oxygen atoms in total. The van der Waals surface area contributed by atoms with Crippen LogP contribution < -0.4 is 15.5 Å². The number of nitrogens with one attached hydrogen (secondary N) is 2. The number of urea groups is 1. The molecule has 1 aromatic carbocycles. The molecule has 0 aliphatic carbocycles. The van der Waals surface area contributed by atoms with E-state index in [0.29, 0.717) is 17.1 Å². The number of aromatic nitrogens is 2. The van der Waals surface area contributed by atoms with E-state index in [1.165, 1.54) is 11.8 Å². The van der Waals surface area contributed by atoms with Gasteiger partial charge in [-0.05, 0) is 39.0 Å². The lowest BCUT2D eigenvalue weighted by atomic mass is 10.2. The van der Waals surface area contributed by atoms with Gasteiger partial charge in [-0.1, -0.05) is 6.07 Å². The van der Waals surface area contributed by atoms with Gasteiger partial charge in [0.15, 0.2) is 0 Å². The summed E-state index contributed by atoms with van der Waals surface area (Å²) in [6.45, 7) is 8.01. The van der Waals surface area contributed by atoms with Crippen LogP contribution in [0.2, 0.25) is 0 Å². The lowest BCUT2D eigenvalue weighted by Gasteiger charge is -2.16. The Bertz CT molecular complexity index is 766. The van der Waals surface area contributed by atoms with Crippen molar-refractivity contribution in [3.8, 4) is 0 Å². The largest absolute Gasteiger partial charge is 0.323 e. The Morgan fingerprint density at radius 3 is 2.54 bits per heavy atom. The summed E-state index contributed by atoms with van der Waals surface area (Å²) >= 11 is 0. The molecule has 0 aliphatic rings. The first kappa shape index (κ1) is 17.5. The van der Waals surface area contributed by atoms with Crippen LogP contribution in [0, 0.1) is 13.8 Å². The van der Waals surface area contributed by atoms with Crippen molar-refractivity contribution in [2.24, 2.45) is 0 Å². The zero-order chi connectivity index (χ0) is 17.9. The van der Waals surface area contributed by atoms with Crippen LogP contribution in [0.25, 0.3) is 0 Å². The lowest BCUT2D eigenvalue weighted by molar-refractivity contribution is -0.116. The molecular weight excluding hydrogens is 306 g/mol. The van der Waals surface area contributed by atoms with Crippen LogP contribution in [0.5, 0.6) is 0 Å². The molecule has 0 aliphatic heterocycles. The summed E-state index contributed by atoms with van der Waals surface area (Å²) in [5.41, 5.74) is 3.72. The van der Waals surface area contributed by atoms with E-state index < -0.39 is 0 Å². The van der Waals surface area contributed by atoms with Crippen molar-refractivity contribution >= 4 is 29.0 Å². The number of anilines is 3. The van der Waals surface area contributed by atoms with Crippen LogP contribution in [0.15, 0.2) is 24.3 Å². The number of hydrogen-bond donors (Lipinski definition) is 2. The molecule has 128 valence electrons. The number of benzene rings is 1. The molecule has 2 rings (SSSR count). The topological polar surface area (TPSA) is 79.3 Å². The third kappa shape index (κ3) is 3.73. The molecule has 0 fully saturated rings. The van der Waals surface area contributed by atoms with Gasteiger partial charge in [0.25, 0.3) is 0 Å². The Morgan fingerprint density at radius 2 is 1.96 bits per heavy atom. The zero-order valence-electron chi connectivity index (χ0n) is 14.7. The van der Waals surface area contributed by atoms with Gasteiger partial charge in [-0.15, -0.1) is 0 Å². The maximum atomic E-state index is 12.3. The summed E-state index contributed by atoms with van der Waals surface area (Å²) in [7, 11) is 1.69. The highest BCUT2D eigenvalue weighted by atomic mass is 16.2. The van der Waals surface area contributed by atoms with Crippen LogP contribution in [-0.4, -0.2) is 28.8 Å². The Morgan fingerprint density at radius 1 is 1.25 bits per heavy atom. The molecule has 1 aromatic heterocycles. The van der Waals surface area contributed by atoms with Gasteiger partial charge in [-0.25, -0.2) is 4.79 Å². The highest BCUT2D eigenvalue weighted by Gasteiger charge is 2.14. The minimum atomic E-state index is -0.348. The minimum Gasteiger partial charge on any atom is -0.316 e. The van der Waals surface area contributed by atoms with Gasteiger partial charge in [0.2, 0.25) is 5.91 Å². The monoisotopic (exact) mass is 329 g/mol. The van der Waals surface area contributed by atoms with Crippen LogP contribution in [0.3, 0.4) is 0 Å². The third-order valence-corrected chi connectivity index (χ3v) is 3.88. The molecule has 0 radical (unpaired) electrons. The third-order valence-electron chi connectivity index (χ3n) is 3.88. The van der Waals surface area contributed by atoms with Gasteiger partial charge >= 0.3 is 6.03 Å². The lowest BCUT2D eigenvalue weighted by Crippen LogP contribution is -2.23. The molecule has 2 aromatic rings. The molecule has 7 heteroatoms. The van der Waals surface area contributed by atoms with Crippen LogP contribution in [0.4, 0.5) is 21.9 Å². The van der Waals surface area contributed by atoms with E-state index in [2.05, 4.69) is 15.7 Å².